The largest absolute Gasteiger partial charge is 0.480 e. The highest BCUT2D eigenvalue weighted by Crippen LogP contribution is 2.44. The van der Waals surface area contributed by atoms with Gasteiger partial charge in [-0.25, -0.2) is 9.59 Å². The average molecular weight is 408 g/mol. The van der Waals surface area contributed by atoms with Crippen LogP contribution >= 0.6 is 0 Å². The molecule has 0 heterocycles. The van der Waals surface area contributed by atoms with Crippen LogP contribution in [0.1, 0.15) is 30.4 Å². The Bertz CT molecular complexity index is 926. The molecule has 0 radical (unpaired) electrons. The van der Waals surface area contributed by atoms with Crippen molar-refractivity contribution in [1.29, 1.82) is 0 Å². The molecule has 7 nitrogen and oxygen atoms in total. The molecule has 0 saturated carbocycles. The lowest BCUT2D eigenvalue weighted by molar-refractivity contribution is -0.141. The van der Waals surface area contributed by atoms with Gasteiger partial charge in [0.2, 0.25) is 5.91 Å². The molecular weight excluding hydrogens is 384 g/mol. The third kappa shape index (κ3) is 4.51. The molecule has 0 spiro atoms. The van der Waals surface area contributed by atoms with E-state index in [0.29, 0.717) is 0 Å². The van der Waals surface area contributed by atoms with Crippen molar-refractivity contribution in [3.05, 3.63) is 72.3 Å². The number of nitrogens with one attached hydrogen (secondary N) is 2. The van der Waals surface area contributed by atoms with E-state index in [1.54, 1.807) is 0 Å². The summed E-state index contributed by atoms with van der Waals surface area (Å²) in [5.41, 5.74) is 4.42. The molecule has 7 heteroatoms. The molecule has 2 atom stereocenters. The molecule has 2 aromatic rings. The molecule has 1 unspecified atom stereocenters. The second-order valence-electron chi connectivity index (χ2n) is 7.12. The van der Waals surface area contributed by atoms with E-state index < -0.39 is 30.1 Å². The quantitative estimate of drug-likeness (QED) is 0.583. The maximum atomic E-state index is 12.2. The number of amides is 2. The van der Waals surface area contributed by atoms with Crippen molar-refractivity contribution in [2.24, 2.45) is 0 Å². The molecule has 3 N–H and O–H groups in total. The van der Waals surface area contributed by atoms with Crippen LogP contribution < -0.4 is 10.6 Å². The first kappa shape index (κ1) is 21.1. The van der Waals surface area contributed by atoms with E-state index in [2.05, 4.69) is 17.2 Å². The lowest BCUT2D eigenvalue weighted by Crippen LogP contribution is -2.50. The molecule has 156 valence electrons. The number of carbonyl (C=O) groups excluding carboxylic acids is 2. The third-order valence-electron chi connectivity index (χ3n) is 5.09. The van der Waals surface area contributed by atoms with Crippen molar-refractivity contribution >= 4 is 18.0 Å². The first-order valence-electron chi connectivity index (χ1n) is 9.68. The normalized spacial score (nSPS) is 14.0. The molecule has 1 aliphatic carbocycles. The smallest absolute Gasteiger partial charge is 0.407 e. The molecule has 0 bridgehead atoms. The maximum absolute atomic E-state index is 12.2. The number of benzene rings is 2. The Morgan fingerprint density at radius 3 is 2.17 bits per heavy atom. The molecule has 2 aromatic carbocycles. The van der Waals surface area contributed by atoms with Gasteiger partial charge in [-0.1, -0.05) is 54.6 Å². The zero-order chi connectivity index (χ0) is 21.7. The fourth-order valence-electron chi connectivity index (χ4n) is 3.57. The van der Waals surface area contributed by atoms with Crippen LogP contribution in [0.4, 0.5) is 4.79 Å². The molecule has 2 amide bonds. The zero-order valence-electron chi connectivity index (χ0n) is 16.6. The van der Waals surface area contributed by atoms with E-state index >= 15 is 0 Å². The number of hydrogen-bond donors (Lipinski definition) is 3. The molecule has 30 heavy (non-hydrogen) atoms. The summed E-state index contributed by atoms with van der Waals surface area (Å²) in [6.45, 7) is 5.06. The van der Waals surface area contributed by atoms with Gasteiger partial charge in [0.1, 0.15) is 18.7 Å². The number of rotatable bonds is 8. The van der Waals surface area contributed by atoms with Gasteiger partial charge in [-0.3, -0.25) is 4.79 Å². The summed E-state index contributed by atoms with van der Waals surface area (Å²) in [6.07, 6.45) is 0.747. The van der Waals surface area contributed by atoms with Crippen LogP contribution in [0.25, 0.3) is 11.1 Å². The van der Waals surface area contributed by atoms with Crippen LogP contribution in [0.15, 0.2) is 61.2 Å². The lowest BCUT2D eigenvalue weighted by atomic mass is 9.98. The van der Waals surface area contributed by atoms with Gasteiger partial charge in [0.05, 0.1) is 0 Å². The highest BCUT2D eigenvalue weighted by atomic mass is 16.5. The van der Waals surface area contributed by atoms with Crippen molar-refractivity contribution < 1.29 is 24.2 Å². The summed E-state index contributed by atoms with van der Waals surface area (Å²) in [6, 6.07) is 13.9. The lowest BCUT2D eigenvalue weighted by Gasteiger charge is -2.19. The predicted molar refractivity (Wildman–Crippen MR) is 112 cm³/mol. The van der Waals surface area contributed by atoms with Crippen LogP contribution in [0, 0.1) is 0 Å². The van der Waals surface area contributed by atoms with Crippen molar-refractivity contribution in [3.8, 4) is 11.1 Å². The fraction of sp³-hybridized carbons (Fsp3) is 0.261. The van der Waals surface area contributed by atoms with Crippen molar-refractivity contribution in [2.45, 2.75) is 31.3 Å². The summed E-state index contributed by atoms with van der Waals surface area (Å²) < 4.78 is 5.40. The summed E-state index contributed by atoms with van der Waals surface area (Å²) in [7, 11) is 0. The van der Waals surface area contributed by atoms with Gasteiger partial charge in [0, 0.05) is 5.92 Å². The summed E-state index contributed by atoms with van der Waals surface area (Å²) in [5, 5.41) is 13.9. The molecular formula is C23H24N2O5. The summed E-state index contributed by atoms with van der Waals surface area (Å²) >= 11 is 0. The standard InChI is InChI=1S/C23H24N2O5/c1-3-8-20(22(27)28)25-21(26)14(2)24-23(29)30-13-19-17-11-6-4-9-15(17)16-10-5-7-12-18(16)19/h3-7,9-12,14,19-20H,1,8,13H2,2H3,(H,24,29)(H,25,26)(H,27,28)/t14-,20?/m0/s1. The zero-order valence-corrected chi connectivity index (χ0v) is 16.6. The predicted octanol–water partition coefficient (Wildman–Crippen LogP) is 3.06. The van der Waals surface area contributed by atoms with E-state index in [1.807, 2.05) is 48.5 Å². The van der Waals surface area contributed by atoms with Crippen LogP contribution in [0.3, 0.4) is 0 Å². The van der Waals surface area contributed by atoms with Gasteiger partial charge in [0.25, 0.3) is 0 Å². The minimum atomic E-state index is -1.17. The Kier molecular flexibility index (Phi) is 6.51. The third-order valence-corrected chi connectivity index (χ3v) is 5.09. The first-order valence-corrected chi connectivity index (χ1v) is 9.68. The van der Waals surface area contributed by atoms with E-state index in [9.17, 15) is 14.4 Å². The SMILES string of the molecule is C=CCC(NC(=O)[C@H](C)NC(=O)OCC1c2ccccc2-c2ccccc21)C(=O)O. The molecule has 1 aliphatic rings. The first-order chi connectivity index (χ1) is 14.4. The highest BCUT2D eigenvalue weighted by Gasteiger charge is 2.29. The number of carboxylic acid groups (broad SMARTS) is 1. The minimum Gasteiger partial charge on any atom is -0.480 e. The molecule has 3 rings (SSSR count). The highest BCUT2D eigenvalue weighted by molar-refractivity contribution is 5.89. The second kappa shape index (κ2) is 9.26. The van der Waals surface area contributed by atoms with Crippen LogP contribution in [-0.2, 0) is 14.3 Å². The topological polar surface area (TPSA) is 105 Å². The van der Waals surface area contributed by atoms with E-state index in [-0.39, 0.29) is 18.9 Å². The van der Waals surface area contributed by atoms with Gasteiger partial charge in [-0.15, -0.1) is 6.58 Å². The Morgan fingerprint density at radius 2 is 1.63 bits per heavy atom. The van der Waals surface area contributed by atoms with Crippen molar-refractivity contribution in [1.82, 2.24) is 10.6 Å². The van der Waals surface area contributed by atoms with Gasteiger partial charge >= 0.3 is 12.1 Å². The number of hydrogen-bond acceptors (Lipinski definition) is 4. The Morgan fingerprint density at radius 1 is 1.07 bits per heavy atom. The Hall–Kier alpha value is -3.61. The van der Waals surface area contributed by atoms with Crippen LogP contribution in [0.2, 0.25) is 0 Å². The van der Waals surface area contributed by atoms with Crippen LogP contribution in [-0.4, -0.2) is 41.8 Å². The number of carboxylic acids is 1. The van der Waals surface area contributed by atoms with E-state index in [1.165, 1.54) is 13.0 Å². The van der Waals surface area contributed by atoms with E-state index in [0.717, 1.165) is 22.3 Å². The number of carbonyl (C=O) groups is 3. The second-order valence-corrected chi connectivity index (χ2v) is 7.12. The molecule has 0 aliphatic heterocycles. The number of aliphatic carboxylic acids is 1. The maximum Gasteiger partial charge on any atom is 0.407 e. The number of alkyl carbamates (subject to hydrolysis) is 1. The summed E-state index contributed by atoms with van der Waals surface area (Å²) in [4.78, 5) is 35.6. The molecule has 0 saturated heterocycles. The van der Waals surface area contributed by atoms with Crippen molar-refractivity contribution in [2.75, 3.05) is 6.61 Å². The Labute approximate surface area is 174 Å². The fourth-order valence-corrected chi connectivity index (χ4v) is 3.57. The van der Waals surface area contributed by atoms with Crippen molar-refractivity contribution in [3.63, 3.8) is 0 Å². The minimum absolute atomic E-state index is 0.0821. The average Bonchev–Trinajstić information content (AvgIpc) is 3.05. The van der Waals surface area contributed by atoms with Gasteiger partial charge < -0.3 is 20.5 Å². The van der Waals surface area contributed by atoms with Gasteiger partial charge in [-0.2, -0.15) is 0 Å². The monoisotopic (exact) mass is 408 g/mol. The Balaban J connectivity index is 1.59. The number of fused-ring (bicyclic) bond motifs is 3. The summed E-state index contributed by atoms with van der Waals surface area (Å²) in [5.74, 6) is -1.87. The van der Waals surface area contributed by atoms with Gasteiger partial charge in [-0.05, 0) is 35.6 Å². The number of ether oxygens (including phenoxy) is 1. The molecule has 0 aromatic heterocycles. The van der Waals surface area contributed by atoms with Crippen LogP contribution in [0.5, 0.6) is 0 Å². The van der Waals surface area contributed by atoms with E-state index in [4.69, 9.17) is 9.84 Å². The molecule has 0 fully saturated rings. The van der Waals surface area contributed by atoms with Gasteiger partial charge in [0.15, 0.2) is 0 Å².